The number of amides is 1. The first-order valence-corrected chi connectivity index (χ1v) is 11.0. The van der Waals surface area contributed by atoms with Crippen LogP contribution < -0.4 is 4.90 Å². The van der Waals surface area contributed by atoms with E-state index in [2.05, 4.69) is 65.3 Å². The Morgan fingerprint density at radius 2 is 1.61 bits per heavy atom. The van der Waals surface area contributed by atoms with Gasteiger partial charge in [-0.3, -0.25) is 9.69 Å². The van der Waals surface area contributed by atoms with Crippen LogP contribution in [-0.4, -0.2) is 36.0 Å². The highest BCUT2D eigenvalue weighted by atomic mass is 16.2. The lowest BCUT2D eigenvalue weighted by Gasteiger charge is -2.42. The van der Waals surface area contributed by atoms with Crippen LogP contribution in [0, 0.1) is 0 Å². The molecule has 2 atom stereocenters. The van der Waals surface area contributed by atoms with Gasteiger partial charge in [0.15, 0.2) is 0 Å². The lowest BCUT2D eigenvalue weighted by atomic mass is 9.86. The van der Waals surface area contributed by atoms with Gasteiger partial charge in [0, 0.05) is 30.9 Å². The first-order chi connectivity index (χ1) is 13.8. The van der Waals surface area contributed by atoms with Crippen molar-refractivity contribution in [2.45, 2.75) is 63.5 Å². The summed E-state index contributed by atoms with van der Waals surface area (Å²) in [5.41, 5.74) is 5.49. The molecule has 0 aromatic heterocycles. The Labute approximate surface area is 168 Å². The van der Waals surface area contributed by atoms with Crippen molar-refractivity contribution in [3.8, 4) is 0 Å². The number of benzene rings is 2. The maximum atomic E-state index is 13.1. The molecule has 3 nitrogen and oxygen atoms in total. The number of hydrogen-bond donors (Lipinski definition) is 0. The Kier molecular flexibility index (Phi) is 4.72. The number of nitrogens with zero attached hydrogens (tertiary/aromatic N) is 2. The van der Waals surface area contributed by atoms with Crippen molar-refractivity contribution in [1.82, 2.24) is 4.90 Å². The van der Waals surface area contributed by atoms with Gasteiger partial charge in [-0.25, -0.2) is 0 Å². The Hall–Kier alpha value is -2.13. The molecule has 2 aromatic rings. The van der Waals surface area contributed by atoms with Crippen LogP contribution in [0.25, 0.3) is 0 Å². The van der Waals surface area contributed by atoms with Gasteiger partial charge in [0.05, 0.1) is 5.92 Å². The quantitative estimate of drug-likeness (QED) is 0.787. The van der Waals surface area contributed by atoms with Gasteiger partial charge in [-0.05, 0) is 61.3 Å². The third-order valence-electron chi connectivity index (χ3n) is 7.22. The number of anilines is 1. The predicted molar refractivity (Wildman–Crippen MR) is 114 cm³/mol. The highest BCUT2D eigenvalue weighted by Crippen LogP contribution is 2.41. The van der Waals surface area contributed by atoms with Crippen molar-refractivity contribution in [3.05, 3.63) is 65.2 Å². The molecule has 2 unspecified atom stereocenters. The molecule has 1 fully saturated rings. The van der Waals surface area contributed by atoms with E-state index in [0.717, 1.165) is 32.4 Å². The van der Waals surface area contributed by atoms with Crippen LogP contribution in [0.5, 0.6) is 0 Å². The van der Waals surface area contributed by atoms with Crippen LogP contribution in [0.2, 0.25) is 0 Å². The summed E-state index contributed by atoms with van der Waals surface area (Å²) >= 11 is 0. The molecule has 3 heteroatoms. The van der Waals surface area contributed by atoms with Crippen molar-refractivity contribution in [1.29, 1.82) is 0 Å². The first kappa shape index (κ1) is 17.9. The zero-order valence-electron chi connectivity index (χ0n) is 16.8. The van der Waals surface area contributed by atoms with Crippen LogP contribution in [0.1, 0.15) is 55.2 Å². The van der Waals surface area contributed by atoms with Gasteiger partial charge in [-0.2, -0.15) is 0 Å². The Morgan fingerprint density at radius 3 is 2.39 bits per heavy atom. The fourth-order valence-electron chi connectivity index (χ4n) is 5.69. The van der Waals surface area contributed by atoms with Crippen molar-refractivity contribution in [2.75, 3.05) is 18.0 Å². The van der Waals surface area contributed by atoms with E-state index >= 15 is 0 Å². The fourth-order valence-corrected chi connectivity index (χ4v) is 5.69. The fraction of sp³-hybridized carbons (Fsp3) is 0.480. The van der Waals surface area contributed by atoms with Crippen LogP contribution in [0.15, 0.2) is 48.5 Å². The minimum Gasteiger partial charge on any atom is -0.308 e. The smallest absolute Gasteiger partial charge is 0.234 e. The number of likely N-dealkylation sites (tertiary alicyclic amines) is 1. The number of carbonyl (C=O) groups is 1. The van der Waals surface area contributed by atoms with E-state index in [1.165, 1.54) is 36.1 Å². The maximum Gasteiger partial charge on any atom is 0.234 e. The van der Waals surface area contributed by atoms with E-state index in [0.29, 0.717) is 18.0 Å². The monoisotopic (exact) mass is 374 g/mol. The summed E-state index contributed by atoms with van der Waals surface area (Å²) in [4.78, 5) is 18.0. The molecule has 2 aromatic carbocycles. The SMILES string of the molecule is CCC1C(=O)N(C2CCN(C3CCc4ccccc4C3)CC2)c2ccccc21. The molecule has 28 heavy (non-hydrogen) atoms. The summed E-state index contributed by atoms with van der Waals surface area (Å²) in [6.45, 7) is 4.35. The lowest BCUT2D eigenvalue weighted by Crippen LogP contribution is -2.50. The number of hydrogen-bond acceptors (Lipinski definition) is 2. The third-order valence-corrected chi connectivity index (χ3v) is 7.22. The molecule has 3 aliphatic rings. The molecule has 1 amide bonds. The van der Waals surface area contributed by atoms with Gasteiger partial charge in [-0.15, -0.1) is 0 Å². The average molecular weight is 375 g/mol. The summed E-state index contributed by atoms with van der Waals surface area (Å²) in [6.07, 6.45) is 6.74. The molecule has 0 bridgehead atoms. The van der Waals surface area contributed by atoms with Crippen molar-refractivity contribution >= 4 is 11.6 Å². The highest BCUT2D eigenvalue weighted by Gasteiger charge is 2.41. The maximum absolute atomic E-state index is 13.1. The van der Waals surface area contributed by atoms with Crippen molar-refractivity contribution in [2.24, 2.45) is 0 Å². The molecule has 2 aliphatic heterocycles. The summed E-state index contributed by atoms with van der Waals surface area (Å²) in [7, 11) is 0. The van der Waals surface area contributed by atoms with Crippen LogP contribution >= 0.6 is 0 Å². The van der Waals surface area contributed by atoms with Gasteiger partial charge >= 0.3 is 0 Å². The second kappa shape index (κ2) is 7.36. The molecular weight excluding hydrogens is 344 g/mol. The van der Waals surface area contributed by atoms with Crippen molar-refractivity contribution in [3.63, 3.8) is 0 Å². The average Bonchev–Trinajstić information content (AvgIpc) is 3.04. The van der Waals surface area contributed by atoms with Gasteiger partial charge in [0.1, 0.15) is 0 Å². The Bertz CT molecular complexity index is 868. The number of aryl methyl sites for hydroxylation is 1. The molecule has 146 valence electrons. The zero-order chi connectivity index (χ0) is 19.1. The lowest BCUT2D eigenvalue weighted by molar-refractivity contribution is -0.120. The van der Waals surface area contributed by atoms with Crippen LogP contribution in [-0.2, 0) is 17.6 Å². The molecule has 0 spiro atoms. The van der Waals surface area contributed by atoms with Crippen molar-refractivity contribution < 1.29 is 4.79 Å². The molecule has 2 heterocycles. The first-order valence-electron chi connectivity index (χ1n) is 11.0. The van der Waals surface area contributed by atoms with Crippen LogP contribution in [0.3, 0.4) is 0 Å². The zero-order valence-corrected chi connectivity index (χ0v) is 16.8. The molecular formula is C25H30N2O. The summed E-state index contributed by atoms with van der Waals surface area (Å²) in [5.74, 6) is 0.387. The van der Waals surface area contributed by atoms with E-state index < -0.39 is 0 Å². The second-order valence-electron chi connectivity index (χ2n) is 8.66. The van der Waals surface area contributed by atoms with E-state index in [1.807, 2.05) is 0 Å². The van der Waals surface area contributed by atoms with Gasteiger partial charge in [-0.1, -0.05) is 49.4 Å². The van der Waals surface area contributed by atoms with Gasteiger partial charge in [0.2, 0.25) is 5.91 Å². The van der Waals surface area contributed by atoms with E-state index in [9.17, 15) is 4.79 Å². The van der Waals surface area contributed by atoms with E-state index in [-0.39, 0.29) is 5.92 Å². The molecule has 0 N–H and O–H groups in total. The predicted octanol–water partition coefficient (Wildman–Crippen LogP) is 4.55. The topological polar surface area (TPSA) is 23.6 Å². The summed E-state index contributed by atoms with van der Waals surface area (Å²) in [5, 5.41) is 0. The van der Waals surface area contributed by atoms with Gasteiger partial charge in [0.25, 0.3) is 0 Å². The Morgan fingerprint density at radius 1 is 0.893 bits per heavy atom. The minimum absolute atomic E-state index is 0.0593. The molecule has 0 saturated carbocycles. The second-order valence-corrected chi connectivity index (χ2v) is 8.66. The number of para-hydroxylation sites is 1. The standard InChI is InChI=1S/C25H30N2O/c1-2-22-23-9-5-6-10-24(23)27(25(22)28)20-13-15-26(16-14-20)21-12-11-18-7-3-4-8-19(18)17-21/h3-10,20-22H,2,11-17H2,1H3. The van der Waals surface area contributed by atoms with Gasteiger partial charge < -0.3 is 4.90 Å². The Balaban J connectivity index is 1.27. The number of fused-ring (bicyclic) bond motifs is 2. The normalized spacial score (nSPS) is 25.6. The third kappa shape index (κ3) is 2.97. The number of carbonyl (C=O) groups excluding carboxylic acids is 1. The van der Waals surface area contributed by atoms with E-state index in [1.54, 1.807) is 5.56 Å². The number of piperidine rings is 1. The molecule has 0 radical (unpaired) electrons. The summed E-state index contributed by atoms with van der Waals surface area (Å²) in [6, 6.07) is 18.4. The molecule has 1 saturated heterocycles. The molecule has 5 rings (SSSR count). The highest BCUT2D eigenvalue weighted by molar-refractivity contribution is 6.05. The van der Waals surface area contributed by atoms with Crippen LogP contribution in [0.4, 0.5) is 5.69 Å². The summed E-state index contributed by atoms with van der Waals surface area (Å²) < 4.78 is 0. The molecule has 1 aliphatic carbocycles. The number of rotatable bonds is 3. The largest absolute Gasteiger partial charge is 0.308 e. The van der Waals surface area contributed by atoms with E-state index in [4.69, 9.17) is 0 Å². The minimum atomic E-state index is 0.0593.